The second-order valence-corrected chi connectivity index (χ2v) is 7.50. The standard InChI is InChI=1S/C18H13ClN2O4S2/c19-12-3-7-14(8-4-12)25-10-16(23)20-21-17(24)15(27-18(21)26)9-11-1-5-13(22)6-2-11/h1-9,22H,10H2,(H,20,23)/b15-9-. The van der Waals surface area contributed by atoms with Crippen LogP contribution in [-0.2, 0) is 9.59 Å². The van der Waals surface area contributed by atoms with Crippen molar-refractivity contribution in [1.29, 1.82) is 0 Å². The van der Waals surface area contributed by atoms with Gasteiger partial charge in [0.05, 0.1) is 4.91 Å². The minimum absolute atomic E-state index is 0.132. The van der Waals surface area contributed by atoms with Gasteiger partial charge in [0.25, 0.3) is 11.8 Å². The van der Waals surface area contributed by atoms with Crippen LogP contribution in [0.1, 0.15) is 5.56 Å². The molecule has 6 nitrogen and oxygen atoms in total. The Labute approximate surface area is 169 Å². The molecule has 2 aromatic carbocycles. The van der Waals surface area contributed by atoms with Crippen molar-refractivity contribution in [2.45, 2.75) is 0 Å². The molecule has 1 aliphatic rings. The van der Waals surface area contributed by atoms with Crippen LogP contribution >= 0.6 is 35.6 Å². The molecule has 1 heterocycles. The van der Waals surface area contributed by atoms with Gasteiger partial charge in [0.1, 0.15) is 11.5 Å². The molecule has 1 aliphatic heterocycles. The van der Waals surface area contributed by atoms with Crippen molar-refractivity contribution in [2.75, 3.05) is 6.61 Å². The molecule has 2 amide bonds. The lowest BCUT2D eigenvalue weighted by atomic mass is 10.2. The van der Waals surface area contributed by atoms with Crippen molar-refractivity contribution in [2.24, 2.45) is 0 Å². The van der Waals surface area contributed by atoms with Crippen LogP contribution in [0.2, 0.25) is 5.02 Å². The van der Waals surface area contributed by atoms with Crippen LogP contribution in [0.4, 0.5) is 0 Å². The Morgan fingerprint density at radius 3 is 2.56 bits per heavy atom. The molecule has 0 aromatic heterocycles. The van der Waals surface area contributed by atoms with Gasteiger partial charge in [0.2, 0.25) is 0 Å². The molecule has 0 unspecified atom stereocenters. The molecule has 1 saturated heterocycles. The summed E-state index contributed by atoms with van der Waals surface area (Å²) in [7, 11) is 0. The maximum absolute atomic E-state index is 12.5. The third-order valence-corrected chi connectivity index (χ3v) is 4.96. The number of amides is 2. The Morgan fingerprint density at radius 2 is 1.89 bits per heavy atom. The largest absolute Gasteiger partial charge is 0.508 e. The van der Waals surface area contributed by atoms with E-state index < -0.39 is 11.8 Å². The van der Waals surface area contributed by atoms with Gasteiger partial charge in [-0.25, -0.2) is 0 Å². The zero-order chi connectivity index (χ0) is 19.4. The first-order valence-electron chi connectivity index (χ1n) is 7.67. The first-order chi connectivity index (χ1) is 12.9. The molecule has 0 radical (unpaired) electrons. The number of phenols is 1. The number of thioether (sulfide) groups is 1. The third-order valence-electron chi connectivity index (χ3n) is 3.40. The molecule has 0 aliphatic carbocycles. The molecule has 27 heavy (non-hydrogen) atoms. The number of nitrogens with one attached hydrogen (secondary N) is 1. The topological polar surface area (TPSA) is 78.9 Å². The number of hydrogen-bond acceptors (Lipinski definition) is 6. The predicted octanol–water partition coefficient (Wildman–Crippen LogP) is 3.36. The monoisotopic (exact) mass is 420 g/mol. The van der Waals surface area contributed by atoms with E-state index in [1.54, 1.807) is 42.5 Å². The average molecular weight is 421 g/mol. The van der Waals surface area contributed by atoms with E-state index in [1.807, 2.05) is 0 Å². The van der Waals surface area contributed by atoms with Crippen LogP contribution < -0.4 is 10.2 Å². The average Bonchev–Trinajstić information content (AvgIpc) is 2.90. The van der Waals surface area contributed by atoms with E-state index in [2.05, 4.69) is 5.43 Å². The molecule has 2 N–H and O–H groups in total. The maximum atomic E-state index is 12.5. The predicted molar refractivity (Wildman–Crippen MR) is 108 cm³/mol. The molecule has 9 heteroatoms. The second-order valence-electron chi connectivity index (χ2n) is 5.39. The molecule has 0 saturated carbocycles. The van der Waals surface area contributed by atoms with Crippen LogP contribution in [0.5, 0.6) is 11.5 Å². The summed E-state index contributed by atoms with van der Waals surface area (Å²) in [6.45, 7) is -0.282. The van der Waals surface area contributed by atoms with Crippen molar-refractivity contribution in [3.05, 3.63) is 64.0 Å². The Morgan fingerprint density at radius 1 is 1.22 bits per heavy atom. The van der Waals surface area contributed by atoms with Crippen molar-refractivity contribution >= 4 is 57.8 Å². The summed E-state index contributed by atoms with van der Waals surface area (Å²) < 4.78 is 5.55. The number of carbonyl (C=O) groups is 2. The smallest absolute Gasteiger partial charge is 0.285 e. The van der Waals surface area contributed by atoms with Crippen LogP contribution in [0.15, 0.2) is 53.4 Å². The highest BCUT2D eigenvalue weighted by Crippen LogP contribution is 2.31. The molecule has 2 aromatic rings. The van der Waals surface area contributed by atoms with Crippen LogP contribution in [0.25, 0.3) is 6.08 Å². The Balaban J connectivity index is 1.60. The zero-order valence-electron chi connectivity index (χ0n) is 13.7. The summed E-state index contributed by atoms with van der Waals surface area (Å²) in [6.07, 6.45) is 1.63. The maximum Gasteiger partial charge on any atom is 0.285 e. The number of hydrogen-bond donors (Lipinski definition) is 2. The first kappa shape index (κ1) is 19.2. The van der Waals surface area contributed by atoms with Crippen molar-refractivity contribution in [3.63, 3.8) is 0 Å². The van der Waals surface area contributed by atoms with Gasteiger partial charge in [-0.2, -0.15) is 5.01 Å². The highest BCUT2D eigenvalue weighted by atomic mass is 35.5. The fraction of sp³-hybridized carbons (Fsp3) is 0.0556. The lowest BCUT2D eigenvalue weighted by Gasteiger charge is -2.15. The number of benzene rings is 2. The molecule has 0 spiro atoms. The van der Waals surface area contributed by atoms with E-state index in [0.29, 0.717) is 15.7 Å². The van der Waals surface area contributed by atoms with Crippen LogP contribution in [-0.4, -0.2) is 32.9 Å². The SMILES string of the molecule is O=C(COc1ccc(Cl)cc1)NN1C(=O)/C(=C/c2ccc(O)cc2)SC1=S. The minimum atomic E-state index is -0.521. The fourth-order valence-corrected chi connectivity index (χ4v) is 3.43. The van der Waals surface area contributed by atoms with Gasteiger partial charge in [-0.1, -0.05) is 35.5 Å². The summed E-state index contributed by atoms with van der Waals surface area (Å²) >= 11 is 12.0. The summed E-state index contributed by atoms with van der Waals surface area (Å²) in [5, 5.41) is 10.9. The van der Waals surface area contributed by atoms with E-state index in [1.165, 1.54) is 12.1 Å². The van der Waals surface area contributed by atoms with Crippen molar-refractivity contribution in [3.8, 4) is 11.5 Å². The Kier molecular flexibility index (Phi) is 6.00. The molecule has 0 atom stereocenters. The number of aromatic hydroxyl groups is 1. The molecule has 0 bridgehead atoms. The van der Waals surface area contributed by atoms with Gasteiger partial charge in [0.15, 0.2) is 10.9 Å². The second kappa shape index (κ2) is 8.43. The first-order valence-corrected chi connectivity index (χ1v) is 9.27. The number of rotatable bonds is 5. The number of nitrogens with zero attached hydrogens (tertiary/aromatic N) is 1. The van der Waals surface area contributed by atoms with Gasteiger partial charge < -0.3 is 9.84 Å². The molecular weight excluding hydrogens is 408 g/mol. The zero-order valence-corrected chi connectivity index (χ0v) is 16.1. The molecular formula is C18H13ClN2O4S2. The molecule has 1 fully saturated rings. The number of carbonyl (C=O) groups excluding carboxylic acids is 2. The summed E-state index contributed by atoms with van der Waals surface area (Å²) in [5.74, 6) is -0.343. The normalized spacial score (nSPS) is 15.3. The van der Waals surface area contributed by atoms with E-state index in [-0.39, 0.29) is 16.7 Å². The fourth-order valence-electron chi connectivity index (χ4n) is 2.12. The van der Waals surface area contributed by atoms with Gasteiger partial charge in [0, 0.05) is 5.02 Å². The summed E-state index contributed by atoms with van der Waals surface area (Å²) in [6, 6.07) is 12.9. The quantitative estimate of drug-likeness (QED) is 0.570. The van der Waals surface area contributed by atoms with Gasteiger partial charge >= 0.3 is 0 Å². The number of halogens is 1. The van der Waals surface area contributed by atoms with E-state index in [4.69, 9.17) is 28.6 Å². The lowest BCUT2D eigenvalue weighted by Crippen LogP contribution is -2.46. The van der Waals surface area contributed by atoms with E-state index >= 15 is 0 Å². The van der Waals surface area contributed by atoms with Gasteiger partial charge in [-0.15, -0.1) is 0 Å². The van der Waals surface area contributed by atoms with E-state index in [0.717, 1.165) is 22.3 Å². The van der Waals surface area contributed by atoms with Gasteiger partial charge in [-0.05, 0) is 60.3 Å². The van der Waals surface area contributed by atoms with Crippen molar-refractivity contribution < 1.29 is 19.4 Å². The Hall–Kier alpha value is -2.55. The molecule has 138 valence electrons. The number of hydrazine groups is 1. The number of ether oxygens (including phenoxy) is 1. The summed E-state index contributed by atoms with van der Waals surface area (Å²) in [5.41, 5.74) is 3.16. The molecule has 3 rings (SSSR count). The van der Waals surface area contributed by atoms with E-state index in [9.17, 15) is 14.7 Å². The third kappa shape index (κ3) is 5.00. The van der Waals surface area contributed by atoms with Crippen LogP contribution in [0.3, 0.4) is 0 Å². The van der Waals surface area contributed by atoms with Gasteiger partial charge in [-0.3, -0.25) is 15.0 Å². The van der Waals surface area contributed by atoms with Crippen LogP contribution in [0, 0.1) is 0 Å². The highest BCUT2D eigenvalue weighted by molar-refractivity contribution is 8.26. The lowest BCUT2D eigenvalue weighted by molar-refractivity contribution is -0.134. The highest BCUT2D eigenvalue weighted by Gasteiger charge is 2.33. The minimum Gasteiger partial charge on any atom is -0.508 e. The number of thiocarbonyl (C=S) groups is 1. The van der Waals surface area contributed by atoms with Crippen molar-refractivity contribution in [1.82, 2.24) is 10.4 Å². The summed E-state index contributed by atoms with van der Waals surface area (Å²) in [4.78, 5) is 24.9. The number of phenolic OH excluding ortho intramolecular Hbond substituents is 1. The Bertz CT molecular complexity index is 914.